The van der Waals surface area contributed by atoms with Crippen molar-refractivity contribution >= 4 is 22.8 Å². The second kappa shape index (κ2) is 8.54. The van der Waals surface area contributed by atoms with Crippen LogP contribution in [0.3, 0.4) is 0 Å². The fraction of sp³-hybridized carbons (Fsp3) is 0.273. The number of amides is 1. The van der Waals surface area contributed by atoms with Crippen LogP contribution in [0.15, 0.2) is 60.7 Å². The van der Waals surface area contributed by atoms with Crippen molar-refractivity contribution in [2.24, 2.45) is 0 Å². The normalized spacial score (nSPS) is 13.1. The highest BCUT2D eigenvalue weighted by Gasteiger charge is 2.23. The number of aromatic amines is 1. The van der Waals surface area contributed by atoms with Crippen molar-refractivity contribution in [3.63, 3.8) is 0 Å². The Kier molecular flexibility index (Phi) is 5.91. The number of hydrogen-bond acceptors (Lipinski definition) is 3. The Bertz CT molecular complexity index is 884. The summed E-state index contributed by atoms with van der Waals surface area (Å²) in [5, 5.41) is 3.92. The maximum absolute atomic E-state index is 12.5. The molecule has 2 N–H and O–H groups in total. The summed E-state index contributed by atoms with van der Waals surface area (Å²) in [6.07, 6.45) is 0.869. The minimum atomic E-state index is -0.882. The summed E-state index contributed by atoms with van der Waals surface area (Å²) in [7, 11) is 0. The number of nitrogens with one attached hydrogen (secondary N) is 2. The Balaban J connectivity index is 1.64. The van der Waals surface area contributed by atoms with Gasteiger partial charge in [0.15, 0.2) is 6.10 Å². The first kappa shape index (κ1) is 18.7. The Labute approximate surface area is 158 Å². The minimum Gasteiger partial charge on any atom is -0.448 e. The number of carbonyl (C=O) groups is 2. The van der Waals surface area contributed by atoms with Crippen molar-refractivity contribution in [1.82, 2.24) is 10.3 Å². The number of ether oxygens (including phenoxy) is 1. The van der Waals surface area contributed by atoms with Crippen LogP contribution in [-0.4, -0.2) is 23.0 Å². The predicted octanol–water partition coefficient (Wildman–Crippen LogP) is 4.37. The smallest absolute Gasteiger partial charge is 0.355 e. The van der Waals surface area contributed by atoms with Crippen molar-refractivity contribution in [1.29, 1.82) is 0 Å². The number of rotatable bonds is 7. The van der Waals surface area contributed by atoms with E-state index < -0.39 is 12.1 Å². The zero-order chi connectivity index (χ0) is 19.2. The number of H-pyrrole nitrogens is 1. The van der Waals surface area contributed by atoms with E-state index in [0.29, 0.717) is 5.69 Å². The predicted molar refractivity (Wildman–Crippen MR) is 105 cm³/mol. The van der Waals surface area contributed by atoms with E-state index >= 15 is 0 Å². The van der Waals surface area contributed by atoms with Crippen LogP contribution in [0.2, 0.25) is 0 Å². The molecular formula is C22H24N2O3. The number of hydrogen-bond donors (Lipinski definition) is 2. The first-order valence-corrected chi connectivity index (χ1v) is 9.22. The van der Waals surface area contributed by atoms with E-state index in [1.54, 1.807) is 13.0 Å². The number of benzene rings is 2. The van der Waals surface area contributed by atoms with Gasteiger partial charge in [-0.05, 0) is 31.0 Å². The molecule has 0 saturated carbocycles. The number of aromatic nitrogens is 1. The van der Waals surface area contributed by atoms with Gasteiger partial charge in [-0.3, -0.25) is 4.79 Å². The molecule has 0 radical (unpaired) electrons. The van der Waals surface area contributed by atoms with Gasteiger partial charge in [0.2, 0.25) is 0 Å². The van der Waals surface area contributed by atoms with Crippen LogP contribution in [-0.2, 0) is 9.53 Å². The van der Waals surface area contributed by atoms with Crippen LogP contribution in [0.25, 0.3) is 10.9 Å². The molecule has 0 saturated heterocycles. The van der Waals surface area contributed by atoms with Gasteiger partial charge >= 0.3 is 5.97 Å². The van der Waals surface area contributed by atoms with E-state index in [2.05, 4.69) is 17.2 Å². The first-order chi connectivity index (χ1) is 13.1. The molecule has 0 spiro atoms. The SMILES string of the molecule is CCC[C@@H](NC(=O)[C@H](C)OC(=O)c1cc2ccccc2[nH]1)c1ccccc1. The summed E-state index contributed by atoms with van der Waals surface area (Å²) >= 11 is 0. The van der Waals surface area contributed by atoms with Gasteiger partial charge in [-0.2, -0.15) is 0 Å². The Morgan fingerprint density at radius 2 is 1.78 bits per heavy atom. The third-order valence-electron chi connectivity index (χ3n) is 4.50. The van der Waals surface area contributed by atoms with Crippen molar-refractivity contribution < 1.29 is 14.3 Å². The molecule has 5 heteroatoms. The van der Waals surface area contributed by atoms with E-state index in [4.69, 9.17) is 4.74 Å². The summed E-state index contributed by atoms with van der Waals surface area (Å²) in [5.41, 5.74) is 2.24. The van der Waals surface area contributed by atoms with Gasteiger partial charge in [0, 0.05) is 10.9 Å². The van der Waals surface area contributed by atoms with Crippen LogP contribution in [0.5, 0.6) is 0 Å². The molecule has 1 amide bonds. The lowest BCUT2D eigenvalue weighted by atomic mass is 10.0. The number of esters is 1. The standard InChI is InChI=1S/C22H24N2O3/c1-3-9-18(16-10-5-4-6-11-16)24-21(25)15(2)27-22(26)20-14-17-12-7-8-13-19(17)23-20/h4-8,10-15,18,23H,3,9H2,1-2H3,(H,24,25)/t15-,18+/m0/s1. The van der Waals surface area contributed by atoms with Gasteiger partial charge in [0.05, 0.1) is 6.04 Å². The van der Waals surface area contributed by atoms with Crippen molar-refractivity contribution in [3.05, 3.63) is 71.9 Å². The van der Waals surface area contributed by atoms with Crippen LogP contribution in [0.4, 0.5) is 0 Å². The van der Waals surface area contributed by atoms with E-state index in [1.807, 2.05) is 54.6 Å². The molecule has 2 aromatic carbocycles. The molecule has 0 bridgehead atoms. The lowest BCUT2D eigenvalue weighted by molar-refractivity contribution is -0.129. The maximum Gasteiger partial charge on any atom is 0.355 e. The van der Waals surface area contributed by atoms with E-state index in [0.717, 1.165) is 29.3 Å². The second-order valence-corrected chi connectivity index (χ2v) is 6.58. The van der Waals surface area contributed by atoms with Gasteiger partial charge < -0.3 is 15.0 Å². The summed E-state index contributed by atoms with van der Waals surface area (Å²) in [6, 6.07) is 19.0. The average molecular weight is 364 g/mol. The summed E-state index contributed by atoms with van der Waals surface area (Å²) in [5.74, 6) is -0.845. The molecular weight excluding hydrogens is 340 g/mol. The van der Waals surface area contributed by atoms with Gasteiger partial charge in [0.25, 0.3) is 5.91 Å². The highest BCUT2D eigenvalue weighted by molar-refractivity contribution is 5.96. The third-order valence-corrected chi connectivity index (χ3v) is 4.50. The number of para-hydroxylation sites is 1. The largest absolute Gasteiger partial charge is 0.448 e. The van der Waals surface area contributed by atoms with E-state index in [9.17, 15) is 9.59 Å². The average Bonchev–Trinajstić information content (AvgIpc) is 3.12. The molecule has 2 atom stereocenters. The molecule has 140 valence electrons. The molecule has 0 aliphatic rings. The van der Waals surface area contributed by atoms with Gasteiger partial charge in [-0.15, -0.1) is 0 Å². The minimum absolute atomic E-state index is 0.0991. The molecule has 3 aromatic rings. The lowest BCUT2D eigenvalue weighted by Crippen LogP contribution is -2.38. The third kappa shape index (κ3) is 4.56. The van der Waals surface area contributed by atoms with Gasteiger partial charge in [-0.1, -0.05) is 61.9 Å². The van der Waals surface area contributed by atoms with Crippen LogP contribution in [0, 0.1) is 0 Å². The summed E-state index contributed by atoms with van der Waals surface area (Å²) in [6.45, 7) is 3.66. The molecule has 0 aliphatic heterocycles. The highest BCUT2D eigenvalue weighted by Crippen LogP contribution is 2.19. The molecule has 1 heterocycles. The van der Waals surface area contributed by atoms with Crippen molar-refractivity contribution in [3.8, 4) is 0 Å². The quantitative estimate of drug-likeness (QED) is 0.612. The van der Waals surface area contributed by atoms with E-state index in [1.165, 1.54) is 0 Å². The van der Waals surface area contributed by atoms with Crippen molar-refractivity contribution in [2.75, 3.05) is 0 Å². The zero-order valence-corrected chi connectivity index (χ0v) is 15.6. The van der Waals surface area contributed by atoms with Gasteiger partial charge in [0.1, 0.15) is 5.69 Å². The number of carbonyl (C=O) groups excluding carboxylic acids is 2. The monoisotopic (exact) mass is 364 g/mol. The number of fused-ring (bicyclic) bond motifs is 1. The molecule has 0 fully saturated rings. The molecule has 0 aliphatic carbocycles. The molecule has 0 unspecified atom stereocenters. The van der Waals surface area contributed by atoms with Crippen LogP contribution >= 0.6 is 0 Å². The van der Waals surface area contributed by atoms with Crippen LogP contribution < -0.4 is 5.32 Å². The summed E-state index contributed by atoms with van der Waals surface area (Å²) in [4.78, 5) is 27.9. The fourth-order valence-corrected chi connectivity index (χ4v) is 3.05. The fourth-order valence-electron chi connectivity index (χ4n) is 3.05. The molecule has 27 heavy (non-hydrogen) atoms. The maximum atomic E-state index is 12.5. The second-order valence-electron chi connectivity index (χ2n) is 6.58. The molecule has 3 rings (SSSR count). The molecule has 5 nitrogen and oxygen atoms in total. The zero-order valence-electron chi connectivity index (χ0n) is 15.6. The van der Waals surface area contributed by atoms with Gasteiger partial charge in [-0.25, -0.2) is 4.79 Å². The Morgan fingerprint density at radius 1 is 1.07 bits per heavy atom. The van der Waals surface area contributed by atoms with Crippen molar-refractivity contribution in [2.45, 2.75) is 38.8 Å². The Hall–Kier alpha value is -3.08. The Morgan fingerprint density at radius 3 is 2.48 bits per heavy atom. The van der Waals surface area contributed by atoms with Crippen LogP contribution in [0.1, 0.15) is 48.8 Å². The topological polar surface area (TPSA) is 71.2 Å². The highest BCUT2D eigenvalue weighted by atomic mass is 16.5. The first-order valence-electron chi connectivity index (χ1n) is 9.22. The molecule has 1 aromatic heterocycles. The summed E-state index contributed by atoms with van der Waals surface area (Å²) < 4.78 is 5.36. The van der Waals surface area contributed by atoms with E-state index in [-0.39, 0.29) is 11.9 Å². The lowest BCUT2D eigenvalue weighted by Gasteiger charge is -2.21.